The first-order chi connectivity index (χ1) is 13.2. The van der Waals surface area contributed by atoms with Gasteiger partial charge in [0.15, 0.2) is 17.8 Å². The van der Waals surface area contributed by atoms with E-state index in [-0.39, 0.29) is 17.6 Å². The van der Waals surface area contributed by atoms with Crippen molar-refractivity contribution in [1.82, 2.24) is 9.88 Å². The summed E-state index contributed by atoms with van der Waals surface area (Å²) in [4.78, 5) is 19.2. The zero-order valence-electron chi connectivity index (χ0n) is 15.2. The molecule has 140 valence electrons. The van der Waals surface area contributed by atoms with Gasteiger partial charge in [-0.1, -0.05) is 0 Å². The molecular weight excluding hydrogens is 348 g/mol. The summed E-state index contributed by atoms with van der Waals surface area (Å²) in [5.41, 5.74) is 1.12. The average Bonchev–Trinajstić information content (AvgIpc) is 3.18. The lowest BCUT2D eigenvalue weighted by Gasteiger charge is -2.23. The number of furan rings is 1. The van der Waals surface area contributed by atoms with Gasteiger partial charge in [0.05, 0.1) is 27.0 Å². The van der Waals surface area contributed by atoms with E-state index in [0.717, 1.165) is 18.4 Å². The number of methoxy groups -OCH3 is 2. The predicted octanol–water partition coefficient (Wildman–Crippen LogP) is 3.76. The molecule has 1 fully saturated rings. The lowest BCUT2D eigenvalue weighted by Crippen LogP contribution is -2.33. The molecule has 2 aromatic heterocycles. The van der Waals surface area contributed by atoms with Crippen LogP contribution in [0, 0.1) is 0 Å². The summed E-state index contributed by atoms with van der Waals surface area (Å²) in [6.45, 7) is 0.397. The highest BCUT2D eigenvalue weighted by atomic mass is 16.5. The number of benzene rings is 1. The van der Waals surface area contributed by atoms with Crippen LogP contribution in [-0.2, 0) is 6.54 Å². The number of rotatable bonds is 7. The molecule has 2 heterocycles. The highest BCUT2D eigenvalue weighted by Crippen LogP contribution is 2.34. The Hall–Kier alpha value is -3.22. The molecule has 1 aliphatic rings. The van der Waals surface area contributed by atoms with Gasteiger partial charge in [-0.05, 0) is 43.2 Å². The van der Waals surface area contributed by atoms with Crippen molar-refractivity contribution in [3.8, 4) is 23.0 Å². The summed E-state index contributed by atoms with van der Waals surface area (Å²) in [5.74, 6) is 2.05. The second-order valence-electron chi connectivity index (χ2n) is 6.35. The summed E-state index contributed by atoms with van der Waals surface area (Å²) in [6, 6.07) is 9.22. The molecule has 0 unspecified atom stereocenters. The van der Waals surface area contributed by atoms with E-state index in [2.05, 4.69) is 4.98 Å². The third-order valence-corrected chi connectivity index (χ3v) is 4.59. The molecule has 0 atom stereocenters. The van der Waals surface area contributed by atoms with Crippen molar-refractivity contribution in [3.63, 3.8) is 0 Å². The van der Waals surface area contributed by atoms with Crippen molar-refractivity contribution in [3.05, 3.63) is 54.2 Å². The third-order valence-electron chi connectivity index (χ3n) is 4.59. The van der Waals surface area contributed by atoms with Crippen LogP contribution in [0.4, 0.5) is 0 Å². The van der Waals surface area contributed by atoms with Gasteiger partial charge in [0.2, 0.25) is 5.76 Å². The maximum absolute atomic E-state index is 13.3. The summed E-state index contributed by atoms with van der Waals surface area (Å²) in [5, 5.41) is 0. The first-order valence-corrected chi connectivity index (χ1v) is 8.70. The molecule has 0 saturated heterocycles. The fourth-order valence-corrected chi connectivity index (χ4v) is 3.06. The molecule has 0 spiro atoms. The molecule has 1 saturated carbocycles. The smallest absolute Gasteiger partial charge is 0.277 e. The van der Waals surface area contributed by atoms with E-state index in [1.807, 2.05) is 23.1 Å². The SMILES string of the molecule is COc1ccc(OC)c(CN(C(=O)c2ncoc2-c2ccco2)C2CC2)c1. The monoisotopic (exact) mass is 368 g/mol. The van der Waals surface area contributed by atoms with E-state index in [4.69, 9.17) is 18.3 Å². The molecule has 27 heavy (non-hydrogen) atoms. The molecule has 7 nitrogen and oxygen atoms in total. The Kier molecular flexibility index (Phi) is 4.58. The Morgan fingerprint density at radius 3 is 2.74 bits per heavy atom. The molecule has 1 amide bonds. The minimum Gasteiger partial charge on any atom is -0.497 e. The molecule has 7 heteroatoms. The zero-order chi connectivity index (χ0) is 18.8. The van der Waals surface area contributed by atoms with Crippen LogP contribution in [0.1, 0.15) is 28.9 Å². The number of carbonyl (C=O) groups excluding carboxylic acids is 1. The van der Waals surface area contributed by atoms with E-state index in [9.17, 15) is 4.79 Å². The number of carbonyl (C=O) groups is 1. The van der Waals surface area contributed by atoms with Crippen LogP contribution < -0.4 is 9.47 Å². The summed E-state index contributed by atoms with van der Waals surface area (Å²) in [6.07, 6.45) is 4.73. The molecule has 0 aliphatic heterocycles. The minimum absolute atomic E-state index is 0.176. The van der Waals surface area contributed by atoms with Gasteiger partial charge in [-0.3, -0.25) is 4.79 Å². The zero-order valence-corrected chi connectivity index (χ0v) is 15.2. The standard InChI is InChI=1S/C20H20N2O5/c1-24-15-7-8-16(25-2)13(10-15)11-22(14-5-6-14)20(23)18-19(27-12-21-18)17-4-3-9-26-17/h3-4,7-10,12,14H,5-6,11H2,1-2H3. The minimum atomic E-state index is -0.192. The van der Waals surface area contributed by atoms with E-state index in [1.54, 1.807) is 26.4 Å². The van der Waals surface area contributed by atoms with Crippen LogP contribution >= 0.6 is 0 Å². The van der Waals surface area contributed by atoms with Gasteiger partial charge in [0.25, 0.3) is 5.91 Å². The summed E-state index contributed by atoms with van der Waals surface area (Å²) in [7, 11) is 3.22. The second kappa shape index (κ2) is 7.19. The van der Waals surface area contributed by atoms with Crippen LogP contribution in [0.5, 0.6) is 11.5 Å². The van der Waals surface area contributed by atoms with Crippen LogP contribution in [0.3, 0.4) is 0 Å². The molecule has 0 bridgehead atoms. The maximum atomic E-state index is 13.3. The Morgan fingerprint density at radius 2 is 2.07 bits per heavy atom. The van der Waals surface area contributed by atoms with Crippen molar-refractivity contribution >= 4 is 5.91 Å². The van der Waals surface area contributed by atoms with E-state index in [1.165, 1.54) is 12.7 Å². The normalized spacial score (nSPS) is 13.4. The maximum Gasteiger partial charge on any atom is 0.277 e. The number of hydrogen-bond donors (Lipinski definition) is 0. The van der Waals surface area contributed by atoms with Gasteiger partial charge in [0, 0.05) is 11.6 Å². The van der Waals surface area contributed by atoms with Crippen molar-refractivity contribution in [2.24, 2.45) is 0 Å². The average molecular weight is 368 g/mol. The topological polar surface area (TPSA) is 77.9 Å². The second-order valence-corrected chi connectivity index (χ2v) is 6.35. The highest BCUT2D eigenvalue weighted by molar-refractivity contribution is 5.97. The van der Waals surface area contributed by atoms with Crippen molar-refractivity contribution in [1.29, 1.82) is 0 Å². The molecular formula is C20H20N2O5. The van der Waals surface area contributed by atoms with Gasteiger partial charge in [-0.15, -0.1) is 0 Å². The fourth-order valence-electron chi connectivity index (χ4n) is 3.06. The van der Waals surface area contributed by atoms with Crippen molar-refractivity contribution < 1.29 is 23.1 Å². The highest BCUT2D eigenvalue weighted by Gasteiger charge is 2.36. The van der Waals surface area contributed by atoms with E-state index < -0.39 is 0 Å². The number of nitrogens with zero attached hydrogens (tertiary/aromatic N) is 2. The van der Waals surface area contributed by atoms with Crippen LogP contribution in [0.25, 0.3) is 11.5 Å². The number of oxazole rings is 1. The molecule has 3 aromatic rings. The lowest BCUT2D eigenvalue weighted by atomic mass is 10.1. The molecule has 1 aromatic carbocycles. The Balaban J connectivity index is 1.65. The van der Waals surface area contributed by atoms with Crippen LogP contribution in [0.2, 0.25) is 0 Å². The van der Waals surface area contributed by atoms with Gasteiger partial charge < -0.3 is 23.2 Å². The quantitative estimate of drug-likeness (QED) is 0.632. The predicted molar refractivity (Wildman–Crippen MR) is 96.6 cm³/mol. The molecule has 0 N–H and O–H groups in total. The van der Waals surface area contributed by atoms with Gasteiger partial charge in [-0.25, -0.2) is 4.98 Å². The van der Waals surface area contributed by atoms with Gasteiger partial charge >= 0.3 is 0 Å². The van der Waals surface area contributed by atoms with Crippen LogP contribution in [0.15, 0.2) is 51.8 Å². The van der Waals surface area contributed by atoms with Crippen molar-refractivity contribution in [2.45, 2.75) is 25.4 Å². The Bertz CT molecular complexity index is 928. The first-order valence-electron chi connectivity index (χ1n) is 8.70. The molecule has 1 aliphatic carbocycles. The van der Waals surface area contributed by atoms with Gasteiger partial charge in [-0.2, -0.15) is 0 Å². The number of aromatic nitrogens is 1. The fraction of sp³-hybridized carbons (Fsp3) is 0.300. The largest absolute Gasteiger partial charge is 0.497 e. The lowest BCUT2D eigenvalue weighted by molar-refractivity contribution is 0.0723. The van der Waals surface area contributed by atoms with E-state index >= 15 is 0 Å². The third kappa shape index (κ3) is 3.40. The van der Waals surface area contributed by atoms with Gasteiger partial charge in [0.1, 0.15) is 11.5 Å². The summed E-state index contributed by atoms with van der Waals surface area (Å²) < 4.78 is 21.6. The van der Waals surface area contributed by atoms with Crippen molar-refractivity contribution in [2.75, 3.05) is 14.2 Å². The molecule has 0 radical (unpaired) electrons. The number of amides is 1. The van der Waals surface area contributed by atoms with Crippen LogP contribution in [-0.4, -0.2) is 36.1 Å². The Morgan fingerprint density at radius 1 is 1.22 bits per heavy atom. The number of ether oxygens (including phenoxy) is 2. The first kappa shape index (κ1) is 17.2. The number of hydrogen-bond acceptors (Lipinski definition) is 6. The summed E-state index contributed by atoms with van der Waals surface area (Å²) >= 11 is 0. The molecule has 4 rings (SSSR count). The Labute approximate surface area is 156 Å². The van der Waals surface area contributed by atoms with E-state index in [0.29, 0.717) is 29.6 Å².